The second-order valence-electron chi connectivity index (χ2n) is 6.46. The van der Waals surface area contributed by atoms with Crippen molar-refractivity contribution in [1.29, 1.82) is 0 Å². The summed E-state index contributed by atoms with van der Waals surface area (Å²) in [5, 5.41) is 12.5. The largest absolute Gasteiger partial charge is 0.363 e. The molecule has 1 aliphatic heterocycles. The Labute approximate surface area is 160 Å². The Morgan fingerprint density at radius 2 is 1.93 bits per heavy atom. The zero-order valence-electron chi connectivity index (χ0n) is 14.6. The normalized spacial score (nSPS) is 15.2. The number of piperazine rings is 1. The van der Waals surface area contributed by atoms with Crippen LogP contribution in [0, 0.1) is 10.1 Å². The minimum atomic E-state index is -0.421. The van der Waals surface area contributed by atoms with Crippen LogP contribution in [-0.2, 0) is 6.54 Å². The highest BCUT2D eigenvalue weighted by Crippen LogP contribution is 2.30. The molecule has 0 aliphatic carbocycles. The molecule has 0 N–H and O–H groups in total. The topological polar surface area (TPSA) is 79.6 Å². The predicted octanol–water partition coefficient (Wildman–Crippen LogP) is 3.34. The number of benzene rings is 2. The summed E-state index contributed by atoms with van der Waals surface area (Å²) in [6, 6.07) is 12.8. The molecule has 0 amide bonds. The number of fused-ring (bicyclic) bond motifs is 1. The van der Waals surface area contributed by atoms with Crippen molar-refractivity contribution in [2.45, 2.75) is 6.54 Å². The van der Waals surface area contributed by atoms with Crippen LogP contribution in [0.4, 0.5) is 11.4 Å². The van der Waals surface area contributed by atoms with Gasteiger partial charge in [-0.2, -0.15) is 0 Å². The quantitative estimate of drug-likeness (QED) is 0.383. The number of rotatable bonds is 5. The highest BCUT2D eigenvalue weighted by Gasteiger charge is 2.24. The zero-order chi connectivity index (χ0) is 18.8. The van der Waals surface area contributed by atoms with Crippen LogP contribution in [0.1, 0.15) is 15.4 Å². The second kappa shape index (κ2) is 7.42. The van der Waals surface area contributed by atoms with Crippen molar-refractivity contribution in [3.8, 4) is 0 Å². The fourth-order valence-electron chi connectivity index (χ4n) is 3.35. The molecular weight excluding hydrogens is 364 g/mol. The molecule has 8 heteroatoms. The van der Waals surface area contributed by atoms with Gasteiger partial charge in [-0.1, -0.05) is 12.1 Å². The van der Waals surface area contributed by atoms with Gasteiger partial charge in [-0.05, 0) is 24.3 Å². The first-order chi connectivity index (χ1) is 13.1. The fraction of sp³-hybridized carbons (Fsp3) is 0.263. The van der Waals surface area contributed by atoms with Crippen molar-refractivity contribution in [2.24, 2.45) is 0 Å². The number of hydrogen-bond acceptors (Lipinski definition) is 7. The molecule has 0 bridgehead atoms. The lowest BCUT2D eigenvalue weighted by molar-refractivity contribution is -0.384. The van der Waals surface area contributed by atoms with E-state index in [9.17, 15) is 14.9 Å². The van der Waals surface area contributed by atoms with Crippen LogP contribution in [0.2, 0.25) is 0 Å². The van der Waals surface area contributed by atoms with E-state index in [1.54, 1.807) is 23.5 Å². The summed E-state index contributed by atoms with van der Waals surface area (Å²) in [6.45, 7) is 3.81. The lowest BCUT2D eigenvalue weighted by atomic mass is 10.1. The van der Waals surface area contributed by atoms with Crippen molar-refractivity contribution in [2.75, 3.05) is 31.1 Å². The first-order valence-electron chi connectivity index (χ1n) is 8.69. The maximum atomic E-state index is 11.4. The van der Waals surface area contributed by atoms with E-state index in [1.165, 1.54) is 10.8 Å². The number of thiazole rings is 1. The molecule has 27 heavy (non-hydrogen) atoms. The molecule has 3 aromatic rings. The molecule has 138 valence electrons. The summed E-state index contributed by atoms with van der Waals surface area (Å²) in [6.07, 6.45) is 0.632. The van der Waals surface area contributed by atoms with Crippen LogP contribution in [0.15, 0.2) is 42.5 Å². The van der Waals surface area contributed by atoms with Crippen molar-refractivity contribution >= 4 is 39.2 Å². The predicted molar refractivity (Wildman–Crippen MR) is 106 cm³/mol. The lowest BCUT2D eigenvalue weighted by Gasteiger charge is -2.35. The van der Waals surface area contributed by atoms with E-state index in [4.69, 9.17) is 0 Å². The van der Waals surface area contributed by atoms with Gasteiger partial charge >= 0.3 is 0 Å². The maximum Gasteiger partial charge on any atom is 0.293 e. The number of hydrogen-bond donors (Lipinski definition) is 0. The molecule has 2 aromatic carbocycles. The Balaban J connectivity index is 1.44. The van der Waals surface area contributed by atoms with Crippen molar-refractivity contribution < 1.29 is 9.72 Å². The SMILES string of the molecule is O=Cc1ccc(N2CCN(Cc3nc4ccccc4s3)CC2)c([N+](=O)[O-])c1. The first-order valence-corrected chi connectivity index (χ1v) is 9.51. The molecule has 7 nitrogen and oxygen atoms in total. The number of para-hydroxylation sites is 1. The molecule has 0 unspecified atom stereocenters. The van der Waals surface area contributed by atoms with Gasteiger partial charge in [0.2, 0.25) is 0 Å². The van der Waals surface area contributed by atoms with Crippen LogP contribution in [0.5, 0.6) is 0 Å². The molecule has 0 saturated carbocycles. The Morgan fingerprint density at radius 3 is 2.63 bits per heavy atom. The Bertz CT molecular complexity index is 963. The third kappa shape index (κ3) is 3.67. The lowest BCUT2D eigenvalue weighted by Crippen LogP contribution is -2.46. The third-order valence-electron chi connectivity index (χ3n) is 4.74. The van der Waals surface area contributed by atoms with E-state index >= 15 is 0 Å². The Hall–Kier alpha value is -2.84. The Kier molecular flexibility index (Phi) is 4.83. The summed E-state index contributed by atoms with van der Waals surface area (Å²) in [4.78, 5) is 30.9. The average Bonchev–Trinajstić information content (AvgIpc) is 3.10. The molecule has 1 saturated heterocycles. The number of aldehydes is 1. The minimum absolute atomic E-state index is 0.0146. The summed E-state index contributed by atoms with van der Waals surface area (Å²) in [7, 11) is 0. The van der Waals surface area contributed by atoms with Gasteiger partial charge in [-0.15, -0.1) is 11.3 Å². The molecule has 0 radical (unpaired) electrons. The standard InChI is InChI=1S/C19H18N4O3S/c24-13-14-5-6-16(17(11-14)23(25)26)22-9-7-21(8-10-22)12-19-20-15-3-1-2-4-18(15)27-19/h1-6,11,13H,7-10,12H2. The molecule has 1 fully saturated rings. The van der Waals surface area contributed by atoms with E-state index in [1.807, 2.05) is 23.1 Å². The van der Waals surface area contributed by atoms with Crippen LogP contribution in [0.25, 0.3) is 10.2 Å². The van der Waals surface area contributed by atoms with Crippen LogP contribution < -0.4 is 4.90 Å². The summed E-state index contributed by atoms with van der Waals surface area (Å²) in [5.41, 5.74) is 1.91. The smallest absolute Gasteiger partial charge is 0.293 e. The van der Waals surface area contributed by atoms with Gasteiger partial charge in [0.1, 0.15) is 17.0 Å². The highest BCUT2D eigenvalue weighted by molar-refractivity contribution is 7.18. The third-order valence-corrected chi connectivity index (χ3v) is 5.76. The minimum Gasteiger partial charge on any atom is -0.363 e. The monoisotopic (exact) mass is 382 g/mol. The van der Waals surface area contributed by atoms with Gasteiger partial charge in [0.05, 0.1) is 21.7 Å². The van der Waals surface area contributed by atoms with Crippen molar-refractivity contribution in [3.05, 3.63) is 63.1 Å². The number of carbonyl (C=O) groups excluding carboxylic acids is 1. The van der Waals surface area contributed by atoms with E-state index < -0.39 is 4.92 Å². The average molecular weight is 382 g/mol. The number of aromatic nitrogens is 1. The number of nitro benzene ring substituents is 1. The van der Waals surface area contributed by atoms with Crippen LogP contribution in [-0.4, -0.2) is 47.3 Å². The number of nitrogens with zero attached hydrogens (tertiary/aromatic N) is 4. The molecular formula is C19H18N4O3S. The van der Waals surface area contributed by atoms with Gasteiger partial charge in [-0.3, -0.25) is 19.8 Å². The first kappa shape index (κ1) is 17.6. The van der Waals surface area contributed by atoms with E-state index in [0.29, 0.717) is 30.6 Å². The summed E-state index contributed by atoms with van der Waals surface area (Å²) >= 11 is 1.71. The highest BCUT2D eigenvalue weighted by atomic mass is 32.1. The van der Waals surface area contributed by atoms with Crippen LogP contribution >= 0.6 is 11.3 Å². The zero-order valence-corrected chi connectivity index (χ0v) is 15.4. The van der Waals surface area contributed by atoms with Gasteiger partial charge in [0, 0.05) is 37.8 Å². The summed E-state index contributed by atoms with van der Waals surface area (Å²) in [5.74, 6) is 0. The maximum absolute atomic E-state index is 11.4. The van der Waals surface area contributed by atoms with Crippen molar-refractivity contribution in [1.82, 2.24) is 9.88 Å². The van der Waals surface area contributed by atoms with E-state index in [0.717, 1.165) is 30.2 Å². The second-order valence-corrected chi connectivity index (χ2v) is 7.58. The Morgan fingerprint density at radius 1 is 1.15 bits per heavy atom. The number of carbonyl (C=O) groups is 1. The van der Waals surface area contributed by atoms with E-state index in [-0.39, 0.29) is 5.69 Å². The summed E-state index contributed by atoms with van der Waals surface area (Å²) < 4.78 is 1.19. The van der Waals surface area contributed by atoms with E-state index in [2.05, 4.69) is 16.0 Å². The van der Waals surface area contributed by atoms with Crippen LogP contribution in [0.3, 0.4) is 0 Å². The number of anilines is 1. The molecule has 0 spiro atoms. The van der Waals surface area contributed by atoms with Gasteiger partial charge in [-0.25, -0.2) is 4.98 Å². The molecule has 0 atom stereocenters. The van der Waals surface area contributed by atoms with Gasteiger partial charge in [0.25, 0.3) is 5.69 Å². The van der Waals surface area contributed by atoms with Gasteiger partial charge < -0.3 is 4.90 Å². The molecule has 4 rings (SSSR count). The molecule has 2 heterocycles. The molecule has 1 aromatic heterocycles. The molecule has 1 aliphatic rings. The van der Waals surface area contributed by atoms with Crippen molar-refractivity contribution in [3.63, 3.8) is 0 Å². The number of nitro groups is 1. The fourth-order valence-corrected chi connectivity index (χ4v) is 4.36. The van der Waals surface area contributed by atoms with Gasteiger partial charge in [0.15, 0.2) is 0 Å².